The van der Waals surface area contributed by atoms with Crippen molar-refractivity contribution < 1.29 is 24.5 Å². The van der Waals surface area contributed by atoms with Gasteiger partial charge in [0.15, 0.2) is 17.3 Å². The van der Waals surface area contributed by atoms with Crippen LogP contribution >= 0.6 is 0 Å². The predicted molar refractivity (Wildman–Crippen MR) is 82.0 cm³/mol. The highest BCUT2D eigenvalue weighted by Crippen LogP contribution is 2.37. The van der Waals surface area contributed by atoms with E-state index < -0.39 is 0 Å². The number of carbonyl (C=O) groups excluding carboxylic acids is 1. The maximum atomic E-state index is 12.3. The Morgan fingerprint density at radius 1 is 1.00 bits per heavy atom. The molecule has 0 spiro atoms. The molecule has 0 aliphatic heterocycles. The lowest BCUT2D eigenvalue weighted by Crippen LogP contribution is -2.03. The van der Waals surface area contributed by atoms with E-state index in [2.05, 4.69) is 0 Å². The fourth-order valence-corrected chi connectivity index (χ4v) is 2.12. The van der Waals surface area contributed by atoms with Crippen molar-refractivity contribution >= 4 is 5.78 Å². The van der Waals surface area contributed by atoms with Crippen LogP contribution in [0.5, 0.6) is 23.0 Å². The summed E-state index contributed by atoms with van der Waals surface area (Å²) in [5, 5.41) is 19.1. The molecule has 0 fully saturated rings. The van der Waals surface area contributed by atoms with E-state index in [0.717, 1.165) is 5.56 Å². The number of Topliss-reactive ketones (excluding diaryl/α,β-unsaturated/α-hetero) is 1. The Bertz CT molecular complexity index is 636. The number of rotatable bonds is 6. The summed E-state index contributed by atoms with van der Waals surface area (Å²) in [6.45, 7) is 0. The van der Waals surface area contributed by atoms with Crippen molar-refractivity contribution in [2.75, 3.05) is 14.2 Å². The molecular weight excluding hydrogens is 284 g/mol. The standard InChI is InChI=1S/C17H18O5/c1-21-15-9-12(10-16(22-2)17(15)20)14(19)8-5-11-3-6-13(18)7-4-11/h3-4,6-7,9-10,18,20H,5,8H2,1-2H3. The number of aromatic hydroxyl groups is 2. The quantitative estimate of drug-likeness (QED) is 0.802. The Morgan fingerprint density at radius 2 is 1.55 bits per heavy atom. The molecule has 0 unspecified atom stereocenters. The molecule has 0 aromatic heterocycles. The minimum absolute atomic E-state index is 0.0790. The van der Waals surface area contributed by atoms with E-state index in [-0.39, 0.29) is 28.8 Å². The monoisotopic (exact) mass is 302 g/mol. The van der Waals surface area contributed by atoms with Gasteiger partial charge in [-0.3, -0.25) is 4.79 Å². The molecule has 0 atom stereocenters. The Kier molecular flexibility index (Phi) is 4.88. The minimum Gasteiger partial charge on any atom is -0.508 e. The van der Waals surface area contributed by atoms with E-state index in [4.69, 9.17) is 9.47 Å². The Morgan fingerprint density at radius 3 is 2.05 bits per heavy atom. The summed E-state index contributed by atoms with van der Waals surface area (Å²) in [7, 11) is 2.83. The molecule has 0 aliphatic carbocycles. The Hall–Kier alpha value is -2.69. The van der Waals surface area contributed by atoms with E-state index in [9.17, 15) is 15.0 Å². The van der Waals surface area contributed by atoms with E-state index in [1.165, 1.54) is 26.4 Å². The fraction of sp³-hybridized carbons (Fsp3) is 0.235. The van der Waals surface area contributed by atoms with Crippen LogP contribution < -0.4 is 9.47 Å². The van der Waals surface area contributed by atoms with Crippen molar-refractivity contribution in [3.05, 3.63) is 47.5 Å². The lowest BCUT2D eigenvalue weighted by atomic mass is 10.0. The highest BCUT2D eigenvalue weighted by atomic mass is 16.5. The molecule has 0 aliphatic rings. The van der Waals surface area contributed by atoms with Gasteiger partial charge in [-0.2, -0.15) is 0 Å². The van der Waals surface area contributed by atoms with Crippen LogP contribution in [0.2, 0.25) is 0 Å². The van der Waals surface area contributed by atoms with Gasteiger partial charge in [0.05, 0.1) is 14.2 Å². The Labute approximate surface area is 128 Å². The molecule has 0 heterocycles. The molecule has 5 heteroatoms. The van der Waals surface area contributed by atoms with E-state index in [1.807, 2.05) is 0 Å². The molecule has 2 aromatic rings. The second-order valence-corrected chi connectivity index (χ2v) is 4.82. The third-order valence-corrected chi connectivity index (χ3v) is 3.38. The van der Waals surface area contributed by atoms with Gasteiger partial charge >= 0.3 is 0 Å². The number of methoxy groups -OCH3 is 2. The van der Waals surface area contributed by atoms with Crippen molar-refractivity contribution in [1.29, 1.82) is 0 Å². The second-order valence-electron chi connectivity index (χ2n) is 4.82. The predicted octanol–water partition coefficient (Wildman–Crippen LogP) is 2.93. The number of carbonyl (C=O) groups is 1. The summed E-state index contributed by atoms with van der Waals surface area (Å²) in [5.74, 6) is 0.396. The second kappa shape index (κ2) is 6.85. The van der Waals surface area contributed by atoms with Crippen molar-refractivity contribution in [2.24, 2.45) is 0 Å². The minimum atomic E-state index is -0.125. The molecule has 116 valence electrons. The molecule has 2 N–H and O–H groups in total. The largest absolute Gasteiger partial charge is 0.508 e. The van der Waals surface area contributed by atoms with E-state index >= 15 is 0 Å². The summed E-state index contributed by atoms with van der Waals surface area (Å²) in [4.78, 5) is 12.3. The van der Waals surface area contributed by atoms with Gasteiger partial charge in [0, 0.05) is 12.0 Å². The van der Waals surface area contributed by atoms with E-state index in [1.54, 1.807) is 24.3 Å². The number of hydrogen-bond donors (Lipinski definition) is 2. The molecule has 0 radical (unpaired) electrons. The van der Waals surface area contributed by atoms with Crippen LogP contribution in [0.25, 0.3) is 0 Å². The zero-order chi connectivity index (χ0) is 16.1. The molecule has 0 saturated carbocycles. The third kappa shape index (κ3) is 3.49. The molecular formula is C17H18O5. The van der Waals surface area contributed by atoms with Gasteiger partial charge in [0.25, 0.3) is 0 Å². The topological polar surface area (TPSA) is 76.0 Å². The van der Waals surface area contributed by atoms with E-state index in [0.29, 0.717) is 18.4 Å². The number of ketones is 1. The van der Waals surface area contributed by atoms with Crippen LogP contribution in [0, 0.1) is 0 Å². The number of aryl methyl sites for hydroxylation is 1. The van der Waals surface area contributed by atoms with Gasteiger partial charge in [0.1, 0.15) is 5.75 Å². The first-order valence-electron chi connectivity index (χ1n) is 6.81. The van der Waals surface area contributed by atoms with Crippen LogP contribution in [-0.4, -0.2) is 30.2 Å². The van der Waals surface area contributed by atoms with Crippen molar-refractivity contribution in [3.8, 4) is 23.0 Å². The third-order valence-electron chi connectivity index (χ3n) is 3.38. The molecule has 22 heavy (non-hydrogen) atoms. The lowest BCUT2D eigenvalue weighted by molar-refractivity contribution is 0.0982. The van der Waals surface area contributed by atoms with Crippen LogP contribution in [0.15, 0.2) is 36.4 Å². The highest BCUT2D eigenvalue weighted by molar-refractivity contribution is 5.97. The van der Waals surface area contributed by atoms with Gasteiger partial charge in [-0.1, -0.05) is 12.1 Å². The fourth-order valence-electron chi connectivity index (χ4n) is 2.12. The molecule has 0 amide bonds. The summed E-state index contributed by atoms with van der Waals surface area (Å²) < 4.78 is 10.1. The van der Waals surface area contributed by atoms with Gasteiger partial charge in [0.2, 0.25) is 5.75 Å². The molecule has 0 bridgehead atoms. The number of phenolic OH excluding ortho intramolecular Hbond substituents is 2. The van der Waals surface area contributed by atoms with Crippen LogP contribution in [0.3, 0.4) is 0 Å². The molecule has 2 rings (SSSR count). The number of phenols is 2. The summed E-state index contributed by atoms with van der Waals surface area (Å²) in [6.07, 6.45) is 0.868. The van der Waals surface area contributed by atoms with Crippen LogP contribution in [0.1, 0.15) is 22.3 Å². The lowest BCUT2D eigenvalue weighted by Gasteiger charge is -2.10. The summed E-state index contributed by atoms with van der Waals surface area (Å²) in [6, 6.07) is 9.73. The summed E-state index contributed by atoms with van der Waals surface area (Å²) >= 11 is 0. The normalized spacial score (nSPS) is 10.3. The highest BCUT2D eigenvalue weighted by Gasteiger charge is 2.15. The zero-order valence-corrected chi connectivity index (χ0v) is 12.5. The average molecular weight is 302 g/mol. The van der Waals surface area contributed by atoms with Crippen molar-refractivity contribution in [2.45, 2.75) is 12.8 Å². The average Bonchev–Trinajstić information content (AvgIpc) is 2.54. The molecule has 5 nitrogen and oxygen atoms in total. The van der Waals surface area contributed by atoms with Gasteiger partial charge < -0.3 is 19.7 Å². The van der Waals surface area contributed by atoms with Crippen LogP contribution in [0.4, 0.5) is 0 Å². The van der Waals surface area contributed by atoms with Gasteiger partial charge in [-0.15, -0.1) is 0 Å². The van der Waals surface area contributed by atoms with Crippen molar-refractivity contribution in [1.82, 2.24) is 0 Å². The first-order valence-corrected chi connectivity index (χ1v) is 6.81. The molecule has 0 saturated heterocycles. The summed E-state index contributed by atoms with van der Waals surface area (Å²) in [5.41, 5.74) is 1.38. The SMILES string of the molecule is COc1cc(C(=O)CCc2ccc(O)cc2)cc(OC)c1O. The first-order chi connectivity index (χ1) is 10.5. The van der Waals surface area contributed by atoms with Gasteiger partial charge in [-0.25, -0.2) is 0 Å². The number of hydrogen-bond acceptors (Lipinski definition) is 5. The molecule has 2 aromatic carbocycles. The number of ether oxygens (including phenoxy) is 2. The Balaban J connectivity index is 2.13. The maximum Gasteiger partial charge on any atom is 0.200 e. The number of benzene rings is 2. The first kappa shape index (κ1) is 15.7. The van der Waals surface area contributed by atoms with Crippen LogP contribution in [-0.2, 0) is 6.42 Å². The zero-order valence-electron chi connectivity index (χ0n) is 12.5. The van der Waals surface area contributed by atoms with Crippen molar-refractivity contribution in [3.63, 3.8) is 0 Å². The van der Waals surface area contributed by atoms with Gasteiger partial charge in [-0.05, 0) is 36.2 Å². The smallest absolute Gasteiger partial charge is 0.200 e. The maximum absolute atomic E-state index is 12.3.